The molecule has 0 aliphatic carbocycles. The highest BCUT2D eigenvalue weighted by Gasteiger charge is 2.20. The molecule has 0 heterocycles. The summed E-state index contributed by atoms with van der Waals surface area (Å²) in [4.78, 5) is 0. The van der Waals surface area contributed by atoms with Crippen LogP contribution in [0.2, 0.25) is 0 Å². The van der Waals surface area contributed by atoms with Crippen LogP contribution in [0.1, 0.15) is 32.6 Å². The van der Waals surface area contributed by atoms with Crippen molar-refractivity contribution in [3.63, 3.8) is 0 Å². The Balaban J connectivity index is 3.25. The fourth-order valence-corrected chi connectivity index (χ4v) is 1.21. The molecule has 0 aliphatic heterocycles. The predicted octanol–water partition coefficient (Wildman–Crippen LogP) is 3.31. The molecule has 0 rings (SSSR count). The SMILES string of the molecule is CCCCCCOP(=O)(F)OC. The normalized spacial score (nSPS) is 15.9. The van der Waals surface area contributed by atoms with Crippen LogP contribution < -0.4 is 0 Å². The van der Waals surface area contributed by atoms with E-state index < -0.39 is 7.91 Å². The monoisotopic (exact) mass is 198 g/mol. The Bertz CT molecular complexity index is 152. The molecule has 0 spiro atoms. The third kappa shape index (κ3) is 6.77. The average Bonchev–Trinajstić information content (AvgIpc) is 2.04. The lowest BCUT2D eigenvalue weighted by atomic mass is 10.2. The fourth-order valence-electron chi connectivity index (χ4n) is 0.755. The van der Waals surface area contributed by atoms with Crippen molar-refractivity contribution in [2.75, 3.05) is 13.7 Å². The molecule has 0 amide bonds. The molecule has 0 aliphatic rings. The summed E-state index contributed by atoms with van der Waals surface area (Å²) in [5.41, 5.74) is 0. The van der Waals surface area contributed by atoms with Crippen molar-refractivity contribution < 1.29 is 17.8 Å². The summed E-state index contributed by atoms with van der Waals surface area (Å²) in [6.45, 7) is 2.25. The van der Waals surface area contributed by atoms with Gasteiger partial charge in [0.1, 0.15) is 0 Å². The molecule has 3 nitrogen and oxygen atoms in total. The van der Waals surface area contributed by atoms with Crippen LogP contribution in [-0.2, 0) is 13.6 Å². The van der Waals surface area contributed by atoms with E-state index in [0.717, 1.165) is 32.8 Å². The van der Waals surface area contributed by atoms with Crippen LogP contribution in [0, 0.1) is 0 Å². The smallest absolute Gasteiger partial charge is 0.287 e. The highest BCUT2D eigenvalue weighted by Crippen LogP contribution is 2.48. The van der Waals surface area contributed by atoms with E-state index in [0.29, 0.717) is 0 Å². The predicted molar refractivity (Wildman–Crippen MR) is 45.8 cm³/mol. The first-order valence-electron chi connectivity index (χ1n) is 4.12. The van der Waals surface area contributed by atoms with E-state index in [-0.39, 0.29) is 6.61 Å². The van der Waals surface area contributed by atoms with Crippen LogP contribution in [0.5, 0.6) is 0 Å². The largest absolute Gasteiger partial charge is 0.512 e. The lowest BCUT2D eigenvalue weighted by Gasteiger charge is -2.05. The summed E-state index contributed by atoms with van der Waals surface area (Å²) in [5.74, 6) is 0. The van der Waals surface area contributed by atoms with Gasteiger partial charge in [-0.3, -0.25) is 9.05 Å². The third-order valence-corrected chi connectivity index (χ3v) is 2.39. The van der Waals surface area contributed by atoms with E-state index in [1.165, 1.54) is 0 Å². The number of hydrogen-bond donors (Lipinski definition) is 0. The van der Waals surface area contributed by atoms with E-state index >= 15 is 0 Å². The van der Waals surface area contributed by atoms with Gasteiger partial charge in [0, 0.05) is 7.11 Å². The van der Waals surface area contributed by atoms with Crippen molar-refractivity contribution in [2.45, 2.75) is 32.6 Å². The standard InChI is InChI=1S/C7H16FO3P/c1-3-4-5-6-7-11-12(8,9)10-2/h3-7H2,1-2H3. The first-order chi connectivity index (χ1) is 5.62. The lowest BCUT2D eigenvalue weighted by molar-refractivity contribution is 0.197. The quantitative estimate of drug-likeness (QED) is 0.465. The number of rotatable bonds is 7. The molecule has 12 heavy (non-hydrogen) atoms. The molecule has 0 fully saturated rings. The van der Waals surface area contributed by atoms with Gasteiger partial charge in [0.25, 0.3) is 0 Å². The molecule has 0 saturated carbocycles. The summed E-state index contributed by atoms with van der Waals surface area (Å²) in [5, 5.41) is 0. The summed E-state index contributed by atoms with van der Waals surface area (Å²) in [6.07, 6.45) is 3.90. The minimum absolute atomic E-state index is 0.168. The minimum atomic E-state index is -4.22. The Kier molecular flexibility index (Phi) is 6.62. The molecule has 0 saturated heterocycles. The molecule has 0 aromatic heterocycles. The maximum Gasteiger partial charge on any atom is 0.512 e. The number of hydrogen-bond acceptors (Lipinski definition) is 3. The summed E-state index contributed by atoms with van der Waals surface area (Å²) < 4.78 is 31.3. The van der Waals surface area contributed by atoms with Gasteiger partial charge in [-0.05, 0) is 6.42 Å². The van der Waals surface area contributed by atoms with Crippen molar-refractivity contribution in [1.29, 1.82) is 0 Å². The Morgan fingerprint density at radius 1 is 1.33 bits per heavy atom. The van der Waals surface area contributed by atoms with Crippen LogP contribution in [0.15, 0.2) is 0 Å². The molecule has 74 valence electrons. The fraction of sp³-hybridized carbons (Fsp3) is 1.00. The second-order valence-corrected chi connectivity index (χ2v) is 3.99. The Hall–Kier alpha value is 0.0800. The molecule has 0 aromatic carbocycles. The molecule has 1 unspecified atom stereocenters. The second kappa shape index (κ2) is 6.58. The Labute approximate surface area is 72.9 Å². The summed E-state index contributed by atoms with van der Waals surface area (Å²) in [7, 11) is -3.19. The van der Waals surface area contributed by atoms with Crippen LogP contribution in [0.4, 0.5) is 4.20 Å². The molecule has 0 aromatic rings. The molecular formula is C7H16FO3P. The molecule has 0 radical (unpaired) electrons. The van der Waals surface area contributed by atoms with Gasteiger partial charge in [0.2, 0.25) is 0 Å². The van der Waals surface area contributed by atoms with Crippen molar-refractivity contribution in [3.8, 4) is 0 Å². The molecule has 5 heteroatoms. The highest BCUT2D eigenvalue weighted by molar-refractivity contribution is 7.48. The van der Waals surface area contributed by atoms with E-state index in [4.69, 9.17) is 0 Å². The summed E-state index contributed by atoms with van der Waals surface area (Å²) >= 11 is 0. The van der Waals surface area contributed by atoms with Gasteiger partial charge in [0.15, 0.2) is 0 Å². The van der Waals surface area contributed by atoms with E-state index in [9.17, 15) is 8.76 Å². The van der Waals surface area contributed by atoms with Crippen molar-refractivity contribution in [2.24, 2.45) is 0 Å². The van der Waals surface area contributed by atoms with Gasteiger partial charge in [-0.25, -0.2) is 4.57 Å². The molecule has 0 N–H and O–H groups in total. The van der Waals surface area contributed by atoms with Crippen molar-refractivity contribution in [3.05, 3.63) is 0 Å². The topological polar surface area (TPSA) is 35.5 Å². The molecule has 0 bridgehead atoms. The maximum absolute atomic E-state index is 12.4. The number of halogens is 1. The maximum atomic E-state index is 12.4. The van der Waals surface area contributed by atoms with Crippen LogP contribution in [0.25, 0.3) is 0 Å². The zero-order chi connectivity index (χ0) is 9.45. The molecule has 1 atom stereocenters. The van der Waals surface area contributed by atoms with Gasteiger partial charge >= 0.3 is 7.91 Å². The van der Waals surface area contributed by atoms with Gasteiger partial charge in [-0.2, -0.15) is 0 Å². The van der Waals surface area contributed by atoms with E-state index in [1.54, 1.807) is 0 Å². The van der Waals surface area contributed by atoms with Crippen LogP contribution >= 0.6 is 7.91 Å². The zero-order valence-corrected chi connectivity index (χ0v) is 8.48. The number of unbranched alkanes of at least 4 members (excludes halogenated alkanes) is 3. The van der Waals surface area contributed by atoms with Crippen LogP contribution in [-0.4, -0.2) is 13.7 Å². The summed E-state index contributed by atoms with van der Waals surface area (Å²) in [6, 6.07) is 0. The Morgan fingerprint density at radius 3 is 2.50 bits per heavy atom. The third-order valence-electron chi connectivity index (χ3n) is 1.46. The lowest BCUT2D eigenvalue weighted by Crippen LogP contribution is -1.91. The van der Waals surface area contributed by atoms with Gasteiger partial charge in [-0.1, -0.05) is 26.2 Å². The first kappa shape index (κ1) is 12.1. The van der Waals surface area contributed by atoms with Crippen LogP contribution in [0.3, 0.4) is 0 Å². The molecular weight excluding hydrogens is 182 g/mol. The second-order valence-electron chi connectivity index (χ2n) is 2.51. The van der Waals surface area contributed by atoms with Gasteiger partial charge in [-0.15, -0.1) is 4.20 Å². The zero-order valence-electron chi connectivity index (χ0n) is 7.59. The van der Waals surface area contributed by atoms with E-state index in [1.807, 2.05) is 0 Å². The van der Waals surface area contributed by atoms with Gasteiger partial charge in [0.05, 0.1) is 6.61 Å². The van der Waals surface area contributed by atoms with E-state index in [2.05, 4.69) is 16.0 Å². The average molecular weight is 198 g/mol. The Morgan fingerprint density at radius 2 is 2.00 bits per heavy atom. The van der Waals surface area contributed by atoms with Gasteiger partial charge < -0.3 is 0 Å². The first-order valence-corrected chi connectivity index (χ1v) is 5.55. The van der Waals surface area contributed by atoms with Crippen molar-refractivity contribution >= 4 is 7.91 Å². The minimum Gasteiger partial charge on any atom is -0.287 e. The van der Waals surface area contributed by atoms with Crippen molar-refractivity contribution in [1.82, 2.24) is 0 Å². The highest BCUT2D eigenvalue weighted by atomic mass is 31.2.